The van der Waals surface area contributed by atoms with Crippen LogP contribution in [0.3, 0.4) is 0 Å². The second-order valence-electron chi connectivity index (χ2n) is 2.73. The van der Waals surface area contributed by atoms with Gasteiger partial charge in [0.1, 0.15) is 0 Å². The maximum absolute atomic E-state index is 13.1. The molecule has 5 heteroatoms. The summed E-state index contributed by atoms with van der Waals surface area (Å²) < 4.78 is 13.1. The van der Waals surface area contributed by atoms with Crippen molar-refractivity contribution in [3.63, 3.8) is 0 Å². The summed E-state index contributed by atoms with van der Waals surface area (Å²) in [4.78, 5) is 9.51. The molecule has 0 heterocycles. The van der Waals surface area contributed by atoms with Crippen molar-refractivity contribution >= 4 is 5.69 Å². The molecule has 4 nitrogen and oxygen atoms in total. The van der Waals surface area contributed by atoms with Crippen molar-refractivity contribution in [2.24, 2.45) is 5.73 Å². The van der Waals surface area contributed by atoms with Crippen molar-refractivity contribution in [3.8, 4) is 0 Å². The molecule has 2 N–H and O–H groups in total. The van der Waals surface area contributed by atoms with E-state index in [1.54, 1.807) is 0 Å². The molecule has 0 aliphatic carbocycles. The molecule has 0 saturated heterocycles. The maximum atomic E-state index is 13.1. The number of hydrogen-bond acceptors (Lipinski definition) is 3. The highest BCUT2D eigenvalue weighted by molar-refractivity contribution is 5.36. The zero-order valence-corrected chi connectivity index (χ0v) is 7.31. The number of nitrogens with two attached hydrogens (primary N) is 1. The SMILES string of the molecule is C=CC(N)c1ccc([N+](=O)[O-])c(F)c1. The molecule has 0 aliphatic heterocycles. The Morgan fingerprint density at radius 1 is 1.64 bits per heavy atom. The zero-order chi connectivity index (χ0) is 10.7. The predicted molar refractivity (Wildman–Crippen MR) is 50.2 cm³/mol. The highest BCUT2D eigenvalue weighted by Crippen LogP contribution is 2.21. The molecule has 0 radical (unpaired) electrons. The minimum atomic E-state index is -0.884. The van der Waals surface area contributed by atoms with Crippen molar-refractivity contribution < 1.29 is 9.31 Å². The van der Waals surface area contributed by atoms with Gasteiger partial charge in [-0.25, -0.2) is 0 Å². The Kier molecular flexibility index (Phi) is 2.93. The van der Waals surface area contributed by atoms with E-state index in [0.717, 1.165) is 12.1 Å². The van der Waals surface area contributed by atoms with E-state index in [0.29, 0.717) is 5.56 Å². The number of halogens is 1. The summed E-state index contributed by atoms with van der Waals surface area (Å²) in [6.07, 6.45) is 1.43. The molecule has 1 atom stereocenters. The first kappa shape index (κ1) is 10.3. The number of benzene rings is 1. The summed E-state index contributed by atoms with van der Waals surface area (Å²) in [5, 5.41) is 10.3. The van der Waals surface area contributed by atoms with E-state index in [2.05, 4.69) is 6.58 Å². The lowest BCUT2D eigenvalue weighted by atomic mass is 10.1. The number of nitrogens with zero attached hydrogens (tertiary/aromatic N) is 1. The Balaban J connectivity index is 3.12. The molecule has 0 aliphatic rings. The van der Waals surface area contributed by atoms with Crippen molar-refractivity contribution in [1.29, 1.82) is 0 Å². The Bertz CT molecular complexity index is 379. The fourth-order valence-electron chi connectivity index (χ4n) is 1.01. The molecule has 1 rings (SSSR count). The van der Waals surface area contributed by atoms with Gasteiger partial charge in [0.25, 0.3) is 0 Å². The second-order valence-corrected chi connectivity index (χ2v) is 2.73. The van der Waals surface area contributed by atoms with Gasteiger partial charge in [-0.05, 0) is 11.6 Å². The topological polar surface area (TPSA) is 69.2 Å². The monoisotopic (exact) mass is 196 g/mol. The van der Waals surface area contributed by atoms with E-state index in [4.69, 9.17) is 5.73 Å². The number of hydrogen-bond donors (Lipinski definition) is 1. The first-order valence-corrected chi connectivity index (χ1v) is 3.88. The third-order valence-corrected chi connectivity index (χ3v) is 1.81. The van der Waals surface area contributed by atoms with Crippen LogP contribution in [0.2, 0.25) is 0 Å². The third kappa shape index (κ3) is 1.94. The van der Waals surface area contributed by atoms with Crippen LogP contribution in [0.1, 0.15) is 11.6 Å². The van der Waals surface area contributed by atoms with Gasteiger partial charge in [0, 0.05) is 12.1 Å². The molecule has 0 spiro atoms. The van der Waals surface area contributed by atoms with E-state index < -0.39 is 22.5 Å². The fraction of sp³-hybridized carbons (Fsp3) is 0.111. The van der Waals surface area contributed by atoms with E-state index >= 15 is 0 Å². The van der Waals surface area contributed by atoms with E-state index in [-0.39, 0.29) is 0 Å². The lowest BCUT2D eigenvalue weighted by Crippen LogP contribution is -2.07. The average Bonchev–Trinajstić information content (AvgIpc) is 2.15. The molecule has 0 bridgehead atoms. The van der Waals surface area contributed by atoms with Crippen LogP contribution in [0.5, 0.6) is 0 Å². The fourth-order valence-corrected chi connectivity index (χ4v) is 1.01. The molecular weight excluding hydrogens is 187 g/mol. The number of rotatable bonds is 3. The van der Waals surface area contributed by atoms with Crippen LogP contribution in [0, 0.1) is 15.9 Å². The van der Waals surface area contributed by atoms with Crippen LogP contribution in [-0.2, 0) is 0 Å². The van der Waals surface area contributed by atoms with Gasteiger partial charge in [-0.1, -0.05) is 12.1 Å². The van der Waals surface area contributed by atoms with E-state index in [1.165, 1.54) is 12.1 Å². The molecule has 1 aromatic carbocycles. The minimum absolute atomic E-state index is 0.461. The minimum Gasteiger partial charge on any atom is -0.321 e. The molecule has 0 fully saturated rings. The van der Waals surface area contributed by atoms with Gasteiger partial charge in [-0.3, -0.25) is 10.1 Å². The molecule has 14 heavy (non-hydrogen) atoms. The summed E-state index contributed by atoms with van der Waals surface area (Å²) in [6.45, 7) is 3.44. The van der Waals surface area contributed by atoms with Gasteiger partial charge < -0.3 is 5.73 Å². The number of nitro groups is 1. The summed E-state index contributed by atoms with van der Waals surface area (Å²) in [7, 11) is 0. The lowest BCUT2D eigenvalue weighted by Gasteiger charge is -2.05. The first-order valence-electron chi connectivity index (χ1n) is 3.88. The standard InChI is InChI=1S/C9H9FN2O2/c1-2-8(11)6-3-4-9(12(13)14)7(10)5-6/h2-5,8H,1,11H2. The van der Waals surface area contributed by atoms with Crippen LogP contribution < -0.4 is 5.73 Å². The van der Waals surface area contributed by atoms with Crippen molar-refractivity contribution in [2.75, 3.05) is 0 Å². The average molecular weight is 196 g/mol. The molecule has 1 unspecified atom stereocenters. The van der Waals surface area contributed by atoms with Gasteiger partial charge in [-0.2, -0.15) is 4.39 Å². The lowest BCUT2D eigenvalue weighted by molar-refractivity contribution is -0.387. The molecular formula is C9H9FN2O2. The first-order chi connectivity index (χ1) is 6.56. The van der Waals surface area contributed by atoms with Crippen LogP contribution in [0.15, 0.2) is 30.9 Å². The van der Waals surface area contributed by atoms with Gasteiger partial charge in [0.2, 0.25) is 5.82 Å². The van der Waals surface area contributed by atoms with E-state index in [1.807, 2.05) is 0 Å². The normalized spacial score (nSPS) is 12.1. The third-order valence-electron chi connectivity index (χ3n) is 1.81. The molecule has 0 saturated carbocycles. The van der Waals surface area contributed by atoms with Crippen molar-refractivity contribution in [1.82, 2.24) is 0 Å². The summed E-state index contributed by atoms with van der Waals surface area (Å²) in [6, 6.07) is 3.04. The zero-order valence-electron chi connectivity index (χ0n) is 7.31. The molecule has 1 aromatic rings. The quantitative estimate of drug-likeness (QED) is 0.456. The second kappa shape index (κ2) is 3.97. The van der Waals surface area contributed by atoms with Crippen LogP contribution >= 0.6 is 0 Å². The Morgan fingerprint density at radius 3 is 2.71 bits per heavy atom. The summed E-state index contributed by atoms with van der Waals surface area (Å²) in [5.74, 6) is -0.884. The number of nitro benzene ring substituents is 1. The van der Waals surface area contributed by atoms with Gasteiger partial charge in [0.05, 0.1) is 4.92 Å². The maximum Gasteiger partial charge on any atom is 0.304 e. The summed E-state index contributed by atoms with van der Waals surface area (Å²) >= 11 is 0. The predicted octanol–water partition coefficient (Wildman–Crippen LogP) is 1.92. The Hall–Kier alpha value is -1.75. The van der Waals surface area contributed by atoms with Crippen LogP contribution in [-0.4, -0.2) is 4.92 Å². The molecule has 0 amide bonds. The molecule has 74 valence electrons. The van der Waals surface area contributed by atoms with Gasteiger partial charge >= 0.3 is 5.69 Å². The smallest absolute Gasteiger partial charge is 0.304 e. The van der Waals surface area contributed by atoms with Gasteiger partial charge in [-0.15, -0.1) is 6.58 Å². The Morgan fingerprint density at radius 2 is 2.29 bits per heavy atom. The van der Waals surface area contributed by atoms with Crippen molar-refractivity contribution in [3.05, 3.63) is 52.3 Å². The highest BCUT2D eigenvalue weighted by Gasteiger charge is 2.14. The highest BCUT2D eigenvalue weighted by atomic mass is 19.1. The van der Waals surface area contributed by atoms with Gasteiger partial charge in [0.15, 0.2) is 0 Å². The molecule has 0 aromatic heterocycles. The van der Waals surface area contributed by atoms with E-state index in [9.17, 15) is 14.5 Å². The van der Waals surface area contributed by atoms with Crippen LogP contribution in [0.4, 0.5) is 10.1 Å². The summed E-state index contributed by atoms with van der Waals surface area (Å²) in [5.41, 5.74) is 5.45. The largest absolute Gasteiger partial charge is 0.321 e. The Labute approximate surface area is 80.0 Å². The van der Waals surface area contributed by atoms with Crippen molar-refractivity contribution in [2.45, 2.75) is 6.04 Å². The van der Waals surface area contributed by atoms with Crippen LogP contribution in [0.25, 0.3) is 0 Å².